The van der Waals surface area contributed by atoms with E-state index < -0.39 is 12.1 Å². The zero-order valence-electron chi connectivity index (χ0n) is 7.20. The van der Waals surface area contributed by atoms with E-state index in [0.717, 1.165) is 5.56 Å². The van der Waals surface area contributed by atoms with E-state index in [4.69, 9.17) is 5.73 Å². The van der Waals surface area contributed by atoms with Gasteiger partial charge in [0.25, 0.3) is 0 Å². The van der Waals surface area contributed by atoms with Crippen LogP contribution in [0.1, 0.15) is 23.6 Å². The molecule has 0 amide bonds. The quantitative estimate of drug-likeness (QED) is 0.630. The minimum Gasteiger partial charge on any atom is -0.391 e. The van der Waals surface area contributed by atoms with Gasteiger partial charge >= 0.3 is 0 Å². The SMILES string of the molecule is N[C@@H]1c2cccc(F)c2CC[C@H]1O. The lowest BCUT2D eigenvalue weighted by Gasteiger charge is -2.27. The van der Waals surface area contributed by atoms with Crippen LogP contribution in [-0.4, -0.2) is 11.2 Å². The molecule has 0 saturated heterocycles. The molecular weight excluding hydrogens is 169 g/mol. The standard InChI is InChI=1S/C10H12FNO/c11-8-3-1-2-7-6(8)4-5-9(13)10(7)12/h1-3,9-10,13H,4-5,12H2/t9-,10-/m1/s1. The van der Waals surface area contributed by atoms with Gasteiger partial charge in [-0.05, 0) is 30.0 Å². The Hall–Kier alpha value is -0.930. The van der Waals surface area contributed by atoms with Crippen molar-refractivity contribution in [1.82, 2.24) is 0 Å². The van der Waals surface area contributed by atoms with Crippen LogP contribution in [0.4, 0.5) is 4.39 Å². The minimum atomic E-state index is -0.533. The Bertz CT molecular complexity index is 327. The lowest BCUT2D eigenvalue weighted by Crippen LogP contribution is -2.31. The van der Waals surface area contributed by atoms with E-state index in [2.05, 4.69) is 0 Å². The number of aliphatic hydroxyl groups excluding tert-OH is 1. The van der Waals surface area contributed by atoms with Gasteiger partial charge < -0.3 is 10.8 Å². The Morgan fingerprint density at radius 2 is 2.23 bits per heavy atom. The molecule has 0 fully saturated rings. The van der Waals surface area contributed by atoms with Gasteiger partial charge in [0.2, 0.25) is 0 Å². The van der Waals surface area contributed by atoms with Crippen molar-refractivity contribution < 1.29 is 9.50 Å². The van der Waals surface area contributed by atoms with E-state index in [1.165, 1.54) is 6.07 Å². The maximum Gasteiger partial charge on any atom is 0.126 e. The van der Waals surface area contributed by atoms with Crippen molar-refractivity contribution in [2.45, 2.75) is 25.0 Å². The molecule has 0 spiro atoms. The maximum atomic E-state index is 13.2. The first-order valence-electron chi connectivity index (χ1n) is 4.41. The molecule has 13 heavy (non-hydrogen) atoms. The predicted octanol–water partition coefficient (Wildman–Crippen LogP) is 1.13. The third kappa shape index (κ3) is 1.34. The number of nitrogens with two attached hydrogens (primary N) is 1. The lowest BCUT2D eigenvalue weighted by molar-refractivity contribution is 0.127. The second kappa shape index (κ2) is 3.09. The molecule has 0 heterocycles. The molecule has 0 aromatic heterocycles. The molecule has 3 N–H and O–H groups in total. The Kier molecular flexibility index (Phi) is 2.06. The number of hydrogen-bond donors (Lipinski definition) is 2. The van der Waals surface area contributed by atoms with Crippen molar-refractivity contribution in [3.05, 3.63) is 35.1 Å². The van der Waals surface area contributed by atoms with Gasteiger partial charge in [0.1, 0.15) is 5.82 Å². The topological polar surface area (TPSA) is 46.2 Å². The number of fused-ring (bicyclic) bond motifs is 1. The average Bonchev–Trinajstić information content (AvgIpc) is 2.12. The van der Waals surface area contributed by atoms with E-state index in [-0.39, 0.29) is 5.82 Å². The average molecular weight is 181 g/mol. The summed E-state index contributed by atoms with van der Waals surface area (Å²) in [5, 5.41) is 9.47. The summed E-state index contributed by atoms with van der Waals surface area (Å²) in [5.41, 5.74) is 7.16. The summed E-state index contributed by atoms with van der Waals surface area (Å²) in [7, 11) is 0. The highest BCUT2D eigenvalue weighted by molar-refractivity contribution is 5.34. The van der Waals surface area contributed by atoms with Crippen molar-refractivity contribution in [2.75, 3.05) is 0 Å². The molecule has 3 heteroatoms. The van der Waals surface area contributed by atoms with Crippen LogP contribution in [0.3, 0.4) is 0 Å². The van der Waals surface area contributed by atoms with Crippen molar-refractivity contribution in [2.24, 2.45) is 5.73 Å². The molecule has 2 rings (SSSR count). The fourth-order valence-electron chi connectivity index (χ4n) is 1.83. The second-order valence-electron chi connectivity index (χ2n) is 3.44. The summed E-state index contributed by atoms with van der Waals surface area (Å²) < 4.78 is 13.2. The largest absolute Gasteiger partial charge is 0.391 e. The number of rotatable bonds is 0. The van der Waals surface area contributed by atoms with E-state index in [0.29, 0.717) is 18.4 Å². The second-order valence-corrected chi connectivity index (χ2v) is 3.44. The minimum absolute atomic E-state index is 0.208. The van der Waals surface area contributed by atoms with Crippen LogP contribution in [0.5, 0.6) is 0 Å². The fraction of sp³-hybridized carbons (Fsp3) is 0.400. The highest BCUT2D eigenvalue weighted by Gasteiger charge is 2.26. The normalized spacial score (nSPS) is 27.0. The molecule has 0 unspecified atom stereocenters. The Morgan fingerprint density at radius 3 is 3.00 bits per heavy atom. The molecule has 0 aliphatic heterocycles. The van der Waals surface area contributed by atoms with Gasteiger partial charge in [-0.1, -0.05) is 12.1 Å². The van der Waals surface area contributed by atoms with E-state index in [9.17, 15) is 9.50 Å². The zero-order chi connectivity index (χ0) is 9.42. The third-order valence-corrected chi connectivity index (χ3v) is 2.62. The highest BCUT2D eigenvalue weighted by atomic mass is 19.1. The van der Waals surface area contributed by atoms with Crippen LogP contribution in [-0.2, 0) is 6.42 Å². The van der Waals surface area contributed by atoms with Crippen LogP contribution < -0.4 is 5.73 Å². The molecule has 0 bridgehead atoms. The van der Waals surface area contributed by atoms with Crippen LogP contribution in [0.2, 0.25) is 0 Å². The van der Waals surface area contributed by atoms with Crippen molar-refractivity contribution in [1.29, 1.82) is 0 Å². The molecule has 0 saturated carbocycles. The molecule has 0 radical (unpaired) electrons. The smallest absolute Gasteiger partial charge is 0.126 e. The zero-order valence-corrected chi connectivity index (χ0v) is 7.20. The molecule has 1 aliphatic rings. The van der Waals surface area contributed by atoms with E-state index in [1.54, 1.807) is 12.1 Å². The molecular formula is C10H12FNO. The van der Waals surface area contributed by atoms with Crippen LogP contribution >= 0.6 is 0 Å². The van der Waals surface area contributed by atoms with Crippen LogP contribution in [0.15, 0.2) is 18.2 Å². The fourth-order valence-corrected chi connectivity index (χ4v) is 1.83. The summed E-state index contributed by atoms with van der Waals surface area (Å²) in [6.07, 6.45) is 0.598. The Morgan fingerprint density at radius 1 is 1.46 bits per heavy atom. The highest BCUT2D eigenvalue weighted by Crippen LogP contribution is 2.29. The number of hydrogen-bond acceptors (Lipinski definition) is 2. The van der Waals surface area contributed by atoms with E-state index in [1.807, 2.05) is 0 Å². The van der Waals surface area contributed by atoms with Gasteiger partial charge in [-0.2, -0.15) is 0 Å². The summed E-state index contributed by atoms with van der Waals surface area (Å²) >= 11 is 0. The molecule has 1 aromatic carbocycles. The van der Waals surface area contributed by atoms with Gasteiger partial charge in [0.15, 0.2) is 0 Å². The summed E-state index contributed by atoms with van der Waals surface area (Å²) in [4.78, 5) is 0. The predicted molar refractivity (Wildman–Crippen MR) is 47.7 cm³/mol. The summed E-state index contributed by atoms with van der Waals surface area (Å²) in [5.74, 6) is -0.208. The van der Waals surface area contributed by atoms with Gasteiger partial charge in [0, 0.05) is 0 Å². The molecule has 1 aromatic rings. The first-order chi connectivity index (χ1) is 6.20. The van der Waals surface area contributed by atoms with Gasteiger partial charge in [0.05, 0.1) is 12.1 Å². The van der Waals surface area contributed by atoms with E-state index >= 15 is 0 Å². The number of benzene rings is 1. The van der Waals surface area contributed by atoms with Gasteiger partial charge in [-0.25, -0.2) is 4.39 Å². The third-order valence-electron chi connectivity index (χ3n) is 2.62. The van der Waals surface area contributed by atoms with Gasteiger partial charge in [-0.3, -0.25) is 0 Å². The van der Waals surface area contributed by atoms with Crippen LogP contribution in [0, 0.1) is 5.82 Å². The Labute approximate surface area is 76.2 Å². The summed E-state index contributed by atoms with van der Waals surface area (Å²) in [6.45, 7) is 0. The van der Waals surface area contributed by atoms with Crippen LogP contribution in [0.25, 0.3) is 0 Å². The number of aliphatic hydroxyl groups is 1. The van der Waals surface area contributed by atoms with Gasteiger partial charge in [-0.15, -0.1) is 0 Å². The molecule has 1 aliphatic carbocycles. The molecule has 2 nitrogen and oxygen atoms in total. The lowest BCUT2D eigenvalue weighted by atomic mass is 9.86. The number of halogens is 1. The first kappa shape index (κ1) is 8.66. The van der Waals surface area contributed by atoms with Crippen molar-refractivity contribution in [3.8, 4) is 0 Å². The Balaban J connectivity index is 2.49. The van der Waals surface area contributed by atoms with Crippen molar-refractivity contribution >= 4 is 0 Å². The maximum absolute atomic E-state index is 13.2. The monoisotopic (exact) mass is 181 g/mol. The van der Waals surface area contributed by atoms with Crippen molar-refractivity contribution in [3.63, 3.8) is 0 Å². The summed E-state index contributed by atoms with van der Waals surface area (Å²) in [6, 6.07) is 4.42. The molecule has 70 valence electrons. The first-order valence-corrected chi connectivity index (χ1v) is 4.41. The molecule has 2 atom stereocenters.